The normalized spacial score (nSPS) is 10.7. The van der Waals surface area contributed by atoms with Gasteiger partial charge in [0.05, 0.1) is 0 Å². The minimum absolute atomic E-state index is 0.328. The second kappa shape index (κ2) is 6.89. The third-order valence-electron chi connectivity index (χ3n) is 3.30. The van der Waals surface area contributed by atoms with Gasteiger partial charge in [0.25, 0.3) is 0 Å². The van der Waals surface area contributed by atoms with E-state index < -0.39 is 0 Å². The number of amides is 2. The Balaban J connectivity index is 2.01. The molecule has 0 aliphatic heterocycles. The van der Waals surface area contributed by atoms with Crippen LogP contribution < -0.4 is 10.6 Å². The molecule has 0 heterocycles. The first kappa shape index (κ1) is 15.8. The molecule has 0 atom stereocenters. The fraction of sp³-hybridized carbons (Fsp3) is 0.167. The Hall–Kier alpha value is -2.62. The minimum Gasteiger partial charge on any atom is -0.314 e. The van der Waals surface area contributed by atoms with Crippen LogP contribution in [0.15, 0.2) is 42.6 Å². The second-order valence-corrected chi connectivity index (χ2v) is 5.23. The molecule has 0 saturated heterocycles. The predicted octanol–water partition coefficient (Wildman–Crippen LogP) is 4.54. The lowest BCUT2D eigenvalue weighted by Crippen LogP contribution is -2.24. The molecule has 22 heavy (non-hydrogen) atoms. The van der Waals surface area contributed by atoms with Crippen LogP contribution in [-0.4, -0.2) is 6.03 Å². The summed E-state index contributed by atoms with van der Waals surface area (Å²) in [6.45, 7) is 5.91. The monoisotopic (exact) mass is 298 g/mol. The molecule has 2 aromatic rings. The third kappa shape index (κ3) is 3.95. The van der Waals surface area contributed by atoms with E-state index in [1.54, 1.807) is 18.2 Å². The number of anilines is 1. The lowest BCUT2D eigenvalue weighted by atomic mass is 10.1. The molecule has 2 rings (SSSR count). The molecule has 0 aliphatic carbocycles. The third-order valence-corrected chi connectivity index (χ3v) is 3.30. The highest BCUT2D eigenvalue weighted by molar-refractivity contribution is 5.92. The highest BCUT2D eigenvalue weighted by Gasteiger charge is 2.06. The maximum atomic E-state index is 13.4. The van der Waals surface area contributed by atoms with Crippen LogP contribution >= 0.6 is 0 Å². The number of aryl methyl sites for hydroxylation is 3. The van der Waals surface area contributed by atoms with Crippen LogP contribution in [0, 0.1) is 26.6 Å². The zero-order valence-electron chi connectivity index (χ0n) is 12.9. The molecule has 0 aliphatic rings. The molecular weight excluding hydrogens is 279 g/mol. The van der Waals surface area contributed by atoms with Crippen molar-refractivity contribution in [2.75, 3.05) is 5.32 Å². The highest BCUT2D eigenvalue weighted by atomic mass is 19.1. The number of carbonyl (C=O) groups excluding carboxylic acids is 1. The molecule has 0 unspecified atom stereocenters. The molecular formula is C18H19FN2O. The fourth-order valence-electron chi connectivity index (χ4n) is 2.34. The van der Waals surface area contributed by atoms with Crippen molar-refractivity contribution in [3.8, 4) is 0 Å². The highest BCUT2D eigenvalue weighted by Crippen LogP contribution is 2.21. The number of benzene rings is 2. The molecule has 2 N–H and O–H groups in total. The van der Waals surface area contributed by atoms with Crippen LogP contribution in [0.2, 0.25) is 0 Å². The molecule has 0 aromatic heterocycles. The summed E-state index contributed by atoms with van der Waals surface area (Å²) in [6.07, 6.45) is 2.94. The summed E-state index contributed by atoms with van der Waals surface area (Å²) in [5.74, 6) is -0.328. The van der Waals surface area contributed by atoms with Gasteiger partial charge in [-0.05, 0) is 44.0 Å². The summed E-state index contributed by atoms with van der Waals surface area (Å²) in [5.41, 5.74) is 4.38. The van der Waals surface area contributed by atoms with E-state index in [0.29, 0.717) is 5.56 Å². The second-order valence-electron chi connectivity index (χ2n) is 5.23. The first-order valence-electron chi connectivity index (χ1n) is 7.04. The number of urea groups is 1. The van der Waals surface area contributed by atoms with Crippen LogP contribution in [0.3, 0.4) is 0 Å². The summed E-state index contributed by atoms with van der Waals surface area (Å²) in [4.78, 5) is 11.9. The maximum absolute atomic E-state index is 13.4. The number of rotatable bonds is 3. The average Bonchev–Trinajstić information content (AvgIpc) is 2.45. The van der Waals surface area contributed by atoms with Crippen molar-refractivity contribution in [3.05, 3.63) is 70.7 Å². The van der Waals surface area contributed by atoms with Crippen LogP contribution in [-0.2, 0) is 0 Å². The Labute approximate surface area is 129 Å². The van der Waals surface area contributed by atoms with E-state index in [9.17, 15) is 9.18 Å². The van der Waals surface area contributed by atoms with E-state index in [1.165, 1.54) is 18.3 Å². The van der Waals surface area contributed by atoms with E-state index in [2.05, 4.69) is 10.6 Å². The number of hydrogen-bond acceptors (Lipinski definition) is 1. The first-order valence-corrected chi connectivity index (χ1v) is 7.04. The van der Waals surface area contributed by atoms with Crippen molar-refractivity contribution < 1.29 is 9.18 Å². The summed E-state index contributed by atoms with van der Waals surface area (Å²) in [5, 5.41) is 5.39. The van der Waals surface area contributed by atoms with Gasteiger partial charge in [-0.2, -0.15) is 0 Å². The van der Waals surface area contributed by atoms with Gasteiger partial charge < -0.3 is 10.6 Å². The van der Waals surface area contributed by atoms with E-state index >= 15 is 0 Å². The minimum atomic E-state index is -0.359. The Kier molecular flexibility index (Phi) is 4.94. The molecule has 2 amide bonds. The molecule has 0 bridgehead atoms. The van der Waals surface area contributed by atoms with Gasteiger partial charge in [-0.25, -0.2) is 9.18 Å². The largest absolute Gasteiger partial charge is 0.323 e. The van der Waals surface area contributed by atoms with Gasteiger partial charge in [-0.3, -0.25) is 0 Å². The predicted molar refractivity (Wildman–Crippen MR) is 88.2 cm³/mol. The van der Waals surface area contributed by atoms with Gasteiger partial charge in [0.2, 0.25) is 0 Å². The fourth-order valence-corrected chi connectivity index (χ4v) is 2.34. The molecule has 0 radical (unpaired) electrons. The van der Waals surface area contributed by atoms with E-state index in [0.717, 1.165) is 22.4 Å². The van der Waals surface area contributed by atoms with Gasteiger partial charge >= 0.3 is 6.03 Å². The molecule has 0 spiro atoms. The van der Waals surface area contributed by atoms with E-state index in [-0.39, 0.29) is 11.8 Å². The van der Waals surface area contributed by atoms with Crippen molar-refractivity contribution >= 4 is 17.8 Å². The molecule has 4 heteroatoms. The number of carbonyl (C=O) groups is 1. The molecule has 0 saturated carbocycles. The van der Waals surface area contributed by atoms with Crippen molar-refractivity contribution in [2.45, 2.75) is 20.8 Å². The van der Waals surface area contributed by atoms with Crippen molar-refractivity contribution in [2.24, 2.45) is 0 Å². The first-order chi connectivity index (χ1) is 10.5. The Morgan fingerprint density at radius 2 is 1.73 bits per heavy atom. The van der Waals surface area contributed by atoms with Gasteiger partial charge in [-0.15, -0.1) is 0 Å². The van der Waals surface area contributed by atoms with Crippen LogP contribution in [0.5, 0.6) is 0 Å². The summed E-state index contributed by atoms with van der Waals surface area (Å²) < 4.78 is 13.4. The number of halogens is 1. The lowest BCUT2D eigenvalue weighted by Gasteiger charge is -2.12. The Morgan fingerprint density at radius 1 is 1.09 bits per heavy atom. The number of hydrogen-bond donors (Lipinski definition) is 2. The molecule has 114 valence electrons. The summed E-state index contributed by atoms with van der Waals surface area (Å²) in [7, 11) is 0. The number of nitrogens with one attached hydrogen (secondary N) is 2. The average molecular weight is 298 g/mol. The zero-order chi connectivity index (χ0) is 16.1. The van der Waals surface area contributed by atoms with Gasteiger partial charge in [0.1, 0.15) is 5.82 Å². The summed E-state index contributed by atoms with van der Waals surface area (Å²) >= 11 is 0. The molecule has 2 aromatic carbocycles. The maximum Gasteiger partial charge on any atom is 0.323 e. The van der Waals surface area contributed by atoms with Crippen LogP contribution in [0.1, 0.15) is 22.3 Å². The van der Waals surface area contributed by atoms with E-state index in [1.807, 2.05) is 32.9 Å². The SMILES string of the molecule is Cc1cc(C)c(NC(=O)N/C=C/c2ccccc2F)c(C)c1. The van der Waals surface area contributed by atoms with Gasteiger partial charge in [0, 0.05) is 17.5 Å². The molecule has 3 nitrogen and oxygen atoms in total. The van der Waals surface area contributed by atoms with Gasteiger partial charge in [-0.1, -0.05) is 35.9 Å². The summed E-state index contributed by atoms with van der Waals surface area (Å²) in [6, 6.07) is 10.0. The van der Waals surface area contributed by atoms with Crippen LogP contribution in [0.25, 0.3) is 6.08 Å². The zero-order valence-corrected chi connectivity index (χ0v) is 12.9. The smallest absolute Gasteiger partial charge is 0.314 e. The Bertz CT molecular complexity index is 700. The lowest BCUT2D eigenvalue weighted by molar-refractivity contribution is 0.255. The van der Waals surface area contributed by atoms with Crippen molar-refractivity contribution in [1.82, 2.24) is 5.32 Å². The van der Waals surface area contributed by atoms with Crippen LogP contribution in [0.4, 0.5) is 14.9 Å². The standard InChI is InChI=1S/C18H19FN2O/c1-12-10-13(2)17(14(3)11-12)21-18(22)20-9-8-15-6-4-5-7-16(15)19/h4-11H,1-3H3,(H2,20,21,22)/b9-8+. The van der Waals surface area contributed by atoms with Gasteiger partial charge in [0.15, 0.2) is 0 Å². The molecule has 0 fully saturated rings. The quantitative estimate of drug-likeness (QED) is 0.858. The Morgan fingerprint density at radius 3 is 2.36 bits per heavy atom. The van der Waals surface area contributed by atoms with E-state index in [4.69, 9.17) is 0 Å². The van der Waals surface area contributed by atoms with Crippen molar-refractivity contribution in [1.29, 1.82) is 0 Å². The topological polar surface area (TPSA) is 41.1 Å². The van der Waals surface area contributed by atoms with Crippen molar-refractivity contribution in [3.63, 3.8) is 0 Å².